The normalized spacial score (nSPS) is 26.0. The minimum atomic E-state index is -3.11. The molecule has 1 rings (SSSR count). The molecule has 0 aromatic heterocycles. The topological polar surface area (TPSA) is 48.0 Å². The van der Waals surface area contributed by atoms with Gasteiger partial charge in [0.2, 0.25) is 0 Å². The summed E-state index contributed by atoms with van der Waals surface area (Å²) in [5.74, 6) is -0.284. The third-order valence-corrected chi connectivity index (χ3v) is 7.21. The lowest BCUT2D eigenvalue weighted by atomic mass is 10.3. The van der Waals surface area contributed by atoms with Crippen molar-refractivity contribution in [2.45, 2.75) is 57.8 Å². The van der Waals surface area contributed by atoms with Crippen LogP contribution in [0.1, 0.15) is 20.3 Å². The average Bonchev–Trinajstić information content (AvgIpc) is 2.58. The molecule has 0 N–H and O–H groups in total. The van der Waals surface area contributed by atoms with Crippen LogP contribution in [0.3, 0.4) is 0 Å². The first-order chi connectivity index (χ1) is 8.72. The summed E-state index contributed by atoms with van der Waals surface area (Å²) in [6.45, 7) is 11.4. The van der Waals surface area contributed by atoms with Gasteiger partial charge in [-0.3, -0.25) is 9.40 Å². The molecule has 0 unspecified atom stereocenters. The molecule has 0 aromatic rings. The minimum absolute atomic E-state index is 0.135. The van der Waals surface area contributed by atoms with E-state index in [1.165, 1.54) is 0 Å². The maximum atomic E-state index is 12.8. The molecule has 1 saturated heterocycles. The molecule has 0 bridgehead atoms. The number of hydrogen-bond donors (Lipinski definition) is 0. The third kappa shape index (κ3) is 4.96. The Morgan fingerprint density at radius 1 is 1.26 bits per heavy atom. The van der Waals surface area contributed by atoms with Gasteiger partial charge in [0.15, 0.2) is 0 Å². The third-order valence-electron chi connectivity index (χ3n) is 3.03. The van der Waals surface area contributed by atoms with Gasteiger partial charge in [-0.1, -0.05) is 19.6 Å². The van der Waals surface area contributed by atoms with E-state index in [9.17, 15) is 4.57 Å². The first-order valence-corrected chi connectivity index (χ1v) is 12.3. The summed E-state index contributed by atoms with van der Waals surface area (Å²) >= 11 is 0. The average molecular weight is 309 g/mol. The summed E-state index contributed by atoms with van der Waals surface area (Å²) in [6.07, 6.45) is 0.855. The lowest BCUT2D eigenvalue weighted by Gasteiger charge is -2.25. The Labute approximate surface area is 118 Å². The number of hydrogen-bond acceptors (Lipinski definition) is 5. The van der Waals surface area contributed by atoms with E-state index in [0.29, 0.717) is 13.2 Å². The molecule has 5 nitrogen and oxygen atoms in total. The maximum Gasteiger partial charge on any atom is 0.350 e. The van der Waals surface area contributed by atoms with E-state index < -0.39 is 15.7 Å². The Hall–Kier alpha value is 0.287. The predicted octanol–water partition coefficient (Wildman–Crippen LogP) is 3.55. The largest absolute Gasteiger partial charge is 0.350 e. The molecule has 0 radical (unpaired) electrons. The molecule has 1 aliphatic heterocycles. The molecule has 19 heavy (non-hydrogen) atoms. The van der Waals surface area contributed by atoms with E-state index in [1.807, 2.05) is 20.9 Å². The molecular formula is C12H28NO4PSi. The van der Waals surface area contributed by atoms with Gasteiger partial charge >= 0.3 is 7.60 Å². The molecule has 0 saturated carbocycles. The molecule has 0 aliphatic carbocycles. The molecule has 1 fully saturated rings. The lowest BCUT2D eigenvalue weighted by molar-refractivity contribution is -0.129. The van der Waals surface area contributed by atoms with Crippen molar-refractivity contribution in [2.24, 2.45) is 0 Å². The molecule has 114 valence electrons. The maximum absolute atomic E-state index is 12.8. The SMILES string of the molecule is CCOP(=O)(OCC)[C@@H]1C[C@@H](C[Si](C)(C)C)ON1C. The van der Waals surface area contributed by atoms with Gasteiger partial charge in [-0.25, -0.2) is 0 Å². The molecule has 0 aromatic carbocycles. The summed E-state index contributed by atoms with van der Waals surface area (Å²) in [6, 6.07) is 1.06. The zero-order valence-electron chi connectivity index (χ0n) is 13.0. The fourth-order valence-corrected chi connectivity index (χ4v) is 6.12. The Morgan fingerprint density at radius 2 is 1.79 bits per heavy atom. The summed E-state index contributed by atoms with van der Waals surface area (Å²) < 4.78 is 23.6. The second-order valence-corrected chi connectivity index (χ2v) is 13.9. The zero-order chi connectivity index (χ0) is 14.7. The van der Waals surface area contributed by atoms with Crippen LogP contribution in [0.5, 0.6) is 0 Å². The first kappa shape index (κ1) is 17.3. The first-order valence-electron chi connectivity index (χ1n) is 7.00. The zero-order valence-corrected chi connectivity index (χ0v) is 14.9. The van der Waals surface area contributed by atoms with Crippen LogP contribution in [-0.4, -0.2) is 45.3 Å². The predicted molar refractivity (Wildman–Crippen MR) is 80.1 cm³/mol. The van der Waals surface area contributed by atoms with Crippen LogP contribution in [0.2, 0.25) is 25.7 Å². The van der Waals surface area contributed by atoms with E-state index in [2.05, 4.69) is 19.6 Å². The fourth-order valence-electron chi connectivity index (χ4n) is 2.43. The Bertz CT molecular complexity index is 324. The van der Waals surface area contributed by atoms with E-state index in [1.54, 1.807) is 5.06 Å². The summed E-state index contributed by atoms with van der Waals surface area (Å²) in [5.41, 5.74) is 0. The van der Waals surface area contributed by atoms with E-state index in [4.69, 9.17) is 13.9 Å². The van der Waals surface area contributed by atoms with Crippen LogP contribution in [0.4, 0.5) is 0 Å². The van der Waals surface area contributed by atoms with Crippen LogP contribution >= 0.6 is 7.60 Å². The van der Waals surface area contributed by atoms with E-state index in [-0.39, 0.29) is 11.9 Å². The summed E-state index contributed by atoms with van der Waals surface area (Å²) in [5, 5.41) is 1.68. The van der Waals surface area contributed by atoms with Gasteiger partial charge in [-0.05, 0) is 19.9 Å². The Balaban J connectivity index is 2.75. The van der Waals surface area contributed by atoms with Crippen molar-refractivity contribution in [3.63, 3.8) is 0 Å². The van der Waals surface area contributed by atoms with Crippen LogP contribution in [0, 0.1) is 0 Å². The summed E-state index contributed by atoms with van der Waals surface area (Å²) in [4.78, 5) is 5.82. The molecule has 1 heterocycles. The molecule has 0 amide bonds. The van der Waals surface area contributed by atoms with Crippen molar-refractivity contribution in [2.75, 3.05) is 20.3 Å². The van der Waals surface area contributed by atoms with Crippen molar-refractivity contribution in [3.8, 4) is 0 Å². The van der Waals surface area contributed by atoms with Crippen molar-refractivity contribution < 1.29 is 18.5 Å². The van der Waals surface area contributed by atoms with Gasteiger partial charge in [0.25, 0.3) is 0 Å². The second-order valence-electron chi connectivity index (χ2n) is 6.13. The molecule has 7 heteroatoms. The van der Waals surface area contributed by atoms with Gasteiger partial charge in [-0.2, -0.15) is 5.06 Å². The van der Waals surface area contributed by atoms with Crippen LogP contribution < -0.4 is 0 Å². The highest BCUT2D eigenvalue weighted by atomic mass is 31.2. The minimum Gasteiger partial charge on any atom is -0.308 e. The monoisotopic (exact) mass is 309 g/mol. The highest BCUT2D eigenvalue weighted by molar-refractivity contribution is 7.54. The smallest absolute Gasteiger partial charge is 0.308 e. The quantitative estimate of drug-likeness (QED) is 0.531. The highest BCUT2D eigenvalue weighted by Gasteiger charge is 2.46. The molecular weight excluding hydrogens is 281 g/mol. The number of rotatable bonds is 7. The second kappa shape index (κ2) is 6.83. The highest BCUT2D eigenvalue weighted by Crippen LogP contribution is 2.57. The lowest BCUT2D eigenvalue weighted by Crippen LogP contribution is -2.27. The van der Waals surface area contributed by atoms with Gasteiger partial charge in [-0.15, -0.1) is 0 Å². The van der Waals surface area contributed by atoms with Gasteiger partial charge in [0, 0.05) is 21.5 Å². The standard InChI is InChI=1S/C12H28NO4PSi/c1-7-15-18(14,16-8-2)12-9-11(17-13(12)3)10-19(4,5)6/h11-12H,7-10H2,1-6H3/t11-,12+/m0/s1. The van der Waals surface area contributed by atoms with Crippen molar-refractivity contribution >= 4 is 15.7 Å². The molecule has 2 atom stereocenters. The summed E-state index contributed by atoms with van der Waals surface area (Å²) in [7, 11) is -2.49. The molecule has 1 aliphatic rings. The van der Waals surface area contributed by atoms with Gasteiger partial charge in [0.05, 0.1) is 19.3 Å². The van der Waals surface area contributed by atoms with Gasteiger partial charge < -0.3 is 9.05 Å². The van der Waals surface area contributed by atoms with Gasteiger partial charge in [0.1, 0.15) is 5.78 Å². The van der Waals surface area contributed by atoms with Crippen molar-refractivity contribution in [1.29, 1.82) is 0 Å². The van der Waals surface area contributed by atoms with Crippen LogP contribution in [-0.2, 0) is 18.5 Å². The van der Waals surface area contributed by atoms with Crippen molar-refractivity contribution in [1.82, 2.24) is 5.06 Å². The number of nitrogens with zero attached hydrogens (tertiary/aromatic N) is 1. The number of hydroxylamine groups is 2. The van der Waals surface area contributed by atoms with Crippen molar-refractivity contribution in [3.05, 3.63) is 0 Å². The Morgan fingerprint density at radius 3 is 2.21 bits per heavy atom. The van der Waals surface area contributed by atoms with Crippen LogP contribution in [0.15, 0.2) is 0 Å². The molecule has 0 spiro atoms. The van der Waals surface area contributed by atoms with E-state index in [0.717, 1.165) is 12.5 Å². The van der Waals surface area contributed by atoms with Crippen LogP contribution in [0.25, 0.3) is 0 Å². The fraction of sp³-hybridized carbons (Fsp3) is 1.00. The Kier molecular flexibility index (Phi) is 6.23. The van der Waals surface area contributed by atoms with E-state index >= 15 is 0 Å².